The maximum atomic E-state index is 13.5. The zero-order valence-electron chi connectivity index (χ0n) is 20.4. The van der Waals surface area contributed by atoms with Crippen molar-refractivity contribution in [1.82, 2.24) is 20.5 Å². The summed E-state index contributed by atoms with van der Waals surface area (Å²) in [5.74, 6) is -2.28. The summed E-state index contributed by atoms with van der Waals surface area (Å²) in [6, 6.07) is 4.02. The number of aromatic amines is 1. The van der Waals surface area contributed by atoms with Crippen LogP contribution in [0.25, 0.3) is 10.9 Å². The van der Waals surface area contributed by atoms with Gasteiger partial charge in [0, 0.05) is 30.1 Å². The fraction of sp³-hybridized carbons (Fsp3) is 0.520. The van der Waals surface area contributed by atoms with Crippen LogP contribution in [0.2, 0.25) is 0 Å². The van der Waals surface area contributed by atoms with Crippen LogP contribution in [0.3, 0.4) is 0 Å². The number of amides is 3. The van der Waals surface area contributed by atoms with E-state index in [1.54, 1.807) is 6.20 Å². The zero-order chi connectivity index (χ0) is 25.7. The molecule has 1 aromatic heterocycles. The van der Waals surface area contributed by atoms with E-state index in [0.717, 1.165) is 16.5 Å². The van der Waals surface area contributed by atoms with Crippen LogP contribution in [0.1, 0.15) is 45.6 Å². The van der Waals surface area contributed by atoms with Gasteiger partial charge < -0.3 is 31.4 Å². The molecule has 3 amide bonds. The van der Waals surface area contributed by atoms with Crippen molar-refractivity contribution in [3.8, 4) is 0 Å². The van der Waals surface area contributed by atoms with Gasteiger partial charge >= 0.3 is 5.97 Å². The average Bonchev–Trinajstić information content (AvgIpc) is 3.45. The molecule has 1 saturated heterocycles. The van der Waals surface area contributed by atoms with Crippen molar-refractivity contribution in [1.29, 1.82) is 0 Å². The number of hydrogen-bond acceptors (Lipinski definition) is 5. The highest BCUT2D eigenvalue weighted by molar-refractivity contribution is 5.95. The lowest BCUT2D eigenvalue weighted by molar-refractivity contribution is -0.149. The maximum Gasteiger partial charge on any atom is 0.326 e. The molecule has 1 fully saturated rings. The van der Waals surface area contributed by atoms with Gasteiger partial charge in [0.2, 0.25) is 17.7 Å². The Morgan fingerprint density at radius 3 is 2.54 bits per heavy atom. The summed E-state index contributed by atoms with van der Waals surface area (Å²) in [4.78, 5) is 55.0. The van der Waals surface area contributed by atoms with E-state index >= 15 is 0 Å². The summed E-state index contributed by atoms with van der Waals surface area (Å²) in [6.45, 7) is 5.74. The van der Waals surface area contributed by atoms with Crippen molar-refractivity contribution in [2.45, 2.75) is 70.6 Å². The molecule has 6 N–H and O–H groups in total. The molecule has 1 aliphatic rings. The van der Waals surface area contributed by atoms with Gasteiger partial charge in [0.05, 0.1) is 6.04 Å². The maximum absolute atomic E-state index is 13.5. The number of likely N-dealkylation sites (tertiary alicyclic amines) is 1. The number of nitrogens with zero attached hydrogens (tertiary/aromatic N) is 1. The molecule has 2 heterocycles. The number of para-hydroxylation sites is 1. The van der Waals surface area contributed by atoms with Crippen molar-refractivity contribution < 1.29 is 24.3 Å². The number of nitrogens with one attached hydrogen (secondary N) is 3. The minimum atomic E-state index is -1.06. The fourth-order valence-electron chi connectivity index (χ4n) is 4.51. The Bertz CT molecular complexity index is 1080. The third-order valence-corrected chi connectivity index (χ3v) is 6.35. The number of carbonyl (C=O) groups is 4. The van der Waals surface area contributed by atoms with E-state index in [1.807, 2.05) is 38.1 Å². The number of nitrogens with two attached hydrogens (primary N) is 1. The molecular formula is C25H35N5O5. The number of aliphatic carboxylic acids is 1. The molecule has 4 atom stereocenters. The second kappa shape index (κ2) is 11.4. The van der Waals surface area contributed by atoms with E-state index in [0.29, 0.717) is 25.8 Å². The molecule has 2 aromatic rings. The number of carboxylic acids is 1. The zero-order valence-corrected chi connectivity index (χ0v) is 20.4. The summed E-state index contributed by atoms with van der Waals surface area (Å²) in [5.41, 5.74) is 7.64. The monoisotopic (exact) mass is 485 g/mol. The molecule has 10 heteroatoms. The van der Waals surface area contributed by atoms with E-state index in [4.69, 9.17) is 5.73 Å². The van der Waals surface area contributed by atoms with E-state index in [1.165, 1.54) is 11.8 Å². The molecule has 0 saturated carbocycles. The minimum Gasteiger partial charge on any atom is -0.480 e. The van der Waals surface area contributed by atoms with Gasteiger partial charge in [0.25, 0.3) is 0 Å². The Balaban J connectivity index is 1.78. The van der Waals surface area contributed by atoms with Gasteiger partial charge in [-0.15, -0.1) is 0 Å². The van der Waals surface area contributed by atoms with Crippen LogP contribution in [-0.2, 0) is 25.6 Å². The van der Waals surface area contributed by atoms with Crippen LogP contribution in [-0.4, -0.2) is 69.4 Å². The predicted molar refractivity (Wildman–Crippen MR) is 131 cm³/mol. The van der Waals surface area contributed by atoms with Crippen LogP contribution < -0.4 is 16.4 Å². The number of hydrogen-bond donors (Lipinski definition) is 5. The van der Waals surface area contributed by atoms with Crippen LogP contribution in [0.15, 0.2) is 30.5 Å². The van der Waals surface area contributed by atoms with Crippen molar-refractivity contribution in [2.75, 3.05) is 6.54 Å². The summed E-state index contributed by atoms with van der Waals surface area (Å²) in [6.07, 6.45) is 3.38. The summed E-state index contributed by atoms with van der Waals surface area (Å²) < 4.78 is 0. The second-order valence-corrected chi connectivity index (χ2v) is 9.62. The van der Waals surface area contributed by atoms with Crippen molar-refractivity contribution >= 4 is 34.6 Å². The Morgan fingerprint density at radius 1 is 1.14 bits per heavy atom. The van der Waals surface area contributed by atoms with Gasteiger partial charge in [-0.05, 0) is 43.7 Å². The van der Waals surface area contributed by atoms with Crippen molar-refractivity contribution in [2.24, 2.45) is 11.7 Å². The van der Waals surface area contributed by atoms with Crippen molar-refractivity contribution in [3.05, 3.63) is 36.0 Å². The van der Waals surface area contributed by atoms with E-state index < -0.39 is 47.9 Å². The minimum absolute atomic E-state index is 0.172. The number of rotatable bonds is 10. The first kappa shape index (κ1) is 26.2. The van der Waals surface area contributed by atoms with E-state index in [-0.39, 0.29) is 12.3 Å². The Hall–Kier alpha value is -3.40. The first-order valence-electron chi connectivity index (χ1n) is 12.0. The number of H-pyrrole nitrogens is 1. The van der Waals surface area contributed by atoms with Gasteiger partial charge in [-0.3, -0.25) is 14.4 Å². The third-order valence-electron chi connectivity index (χ3n) is 6.35. The average molecular weight is 486 g/mol. The number of benzene rings is 1. The molecule has 35 heavy (non-hydrogen) atoms. The lowest BCUT2D eigenvalue weighted by atomic mass is 10.0. The van der Waals surface area contributed by atoms with Crippen LogP contribution in [0, 0.1) is 5.92 Å². The number of carbonyl (C=O) groups excluding carboxylic acids is 3. The molecule has 10 nitrogen and oxygen atoms in total. The normalized spacial score (nSPS) is 18.3. The summed E-state index contributed by atoms with van der Waals surface area (Å²) in [5, 5.41) is 15.8. The Kier molecular flexibility index (Phi) is 8.50. The molecule has 4 unspecified atom stereocenters. The van der Waals surface area contributed by atoms with Crippen LogP contribution in [0.5, 0.6) is 0 Å². The first-order valence-corrected chi connectivity index (χ1v) is 12.0. The van der Waals surface area contributed by atoms with E-state index in [9.17, 15) is 24.3 Å². The van der Waals surface area contributed by atoms with Crippen molar-refractivity contribution in [3.63, 3.8) is 0 Å². The molecule has 0 bridgehead atoms. The number of fused-ring (bicyclic) bond motifs is 1. The van der Waals surface area contributed by atoms with Crippen LogP contribution in [0.4, 0.5) is 0 Å². The Labute approximate surface area is 204 Å². The highest BCUT2D eigenvalue weighted by Gasteiger charge is 2.38. The quantitative estimate of drug-likeness (QED) is 0.340. The van der Waals surface area contributed by atoms with Gasteiger partial charge in [-0.1, -0.05) is 32.0 Å². The van der Waals surface area contributed by atoms with E-state index in [2.05, 4.69) is 15.6 Å². The van der Waals surface area contributed by atoms with Crippen LogP contribution >= 0.6 is 0 Å². The molecule has 190 valence electrons. The largest absolute Gasteiger partial charge is 0.480 e. The topological polar surface area (TPSA) is 158 Å². The Morgan fingerprint density at radius 2 is 1.86 bits per heavy atom. The number of carboxylic acid groups (broad SMARTS) is 1. The fourth-order valence-corrected chi connectivity index (χ4v) is 4.51. The SMILES string of the molecule is CC(C)CC(N)C(=O)NC(C)C(=O)NC(Cc1c[nH]c2ccccc12)C(=O)N1CCCC1C(=O)O. The predicted octanol–water partition coefficient (Wildman–Crippen LogP) is 1.15. The smallest absolute Gasteiger partial charge is 0.326 e. The van der Waals surface area contributed by atoms with Gasteiger partial charge in [0.15, 0.2) is 0 Å². The second-order valence-electron chi connectivity index (χ2n) is 9.62. The van der Waals surface area contributed by atoms with Gasteiger partial charge in [-0.25, -0.2) is 4.79 Å². The van der Waals surface area contributed by atoms with Gasteiger partial charge in [0.1, 0.15) is 18.1 Å². The molecule has 0 aliphatic carbocycles. The molecular weight excluding hydrogens is 450 g/mol. The number of aromatic nitrogens is 1. The third kappa shape index (κ3) is 6.39. The first-order chi connectivity index (χ1) is 16.6. The highest BCUT2D eigenvalue weighted by Crippen LogP contribution is 2.23. The molecule has 0 radical (unpaired) electrons. The molecule has 1 aromatic carbocycles. The summed E-state index contributed by atoms with van der Waals surface area (Å²) in [7, 11) is 0. The molecule has 0 spiro atoms. The standard InChI is InChI=1S/C25H35N5O5/c1-14(2)11-18(26)23(32)28-15(3)22(31)29-20(24(33)30-10-6-9-21(30)25(34)35)12-16-13-27-19-8-5-4-7-17(16)19/h4-5,7-8,13-15,18,20-21,27H,6,9-12,26H2,1-3H3,(H,28,32)(H,29,31)(H,34,35). The van der Waals surface area contributed by atoms with Gasteiger partial charge in [-0.2, -0.15) is 0 Å². The lowest BCUT2D eigenvalue weighted by Crippen LogP contribution is -2.57. The lowest BCUT2D eigenvalue weighted by Gasteiger charge is -2.28. The highest BCUT2D eigenvalue weighted by atomic mass is 16.4. The molecule has 1 aliphatic heterocycles. The molecule has 3 rings (SSSR count). The summed E-state index contributed by atoms with van der Waals surface area (Å²) >= 11 is 0.